The fourth-order valence-corrected chi connectivity index (χ4v) is 2.93. The summed E-state index contributed by atoms with van der Waals surface area (Å²) in [5.41, 5.74) is 1.75. The number of nitrogens with zero attached hydrogens (tertiary/aromatic N) is 1. The molecule has 0 aliphatic carbocycles. The summed E-state index contributed by atoms with van der Waals surface area (Å²) in [6.45, 7) is 0.763. The highest BCUT2D eigenvalue weighted by Gasteiger charge is 2.35. The van der Waals surface area contributed by atoms with Gasteiger partial charge in [0, 0.05) is 18.7 Å². The van der Waals surface area contributed by atoms with Crippen molar-refractivity contribution in [1.82, 2.24) is 0 Å². The molecule has 1 atom stereocenters. The van der Waals surface area contributed by atoms with Crippen molar-refractivity contribution in [3.8, 4) is 11.5 Å². The molecule has 6 heteroatoms. The lowest BCUT2D eigenvalue weighted by Gasteiger charge is -2.17. The third-order valence-electron chi connectivity index (χ3n) is 4.35. The maximum Gasteiger partial charge on any atom is 0.311 e. The minimum atomic E-state index is -0.406. The van der Waals surface area contributed by atoms with Crippen LogP contribution in [0.2, 0.25) is 0 Å². The molecule has 1 saturated heterocycles. The number of amides is 1. The van der Waals surface area contributed by atoms with Crippen LogP contribution in [0.25, 0.3) is 0 Å². The van der Waals surface area contributed by atoms with Crippen LogP contribution in [0.1, 0.15) is 12.0 Å². The van der Waals surface area contributed by atoms with Crippen molar-refractivity contribution in [1.29, 1.82) is 0 Å². The first-order valence-electron chi connectivity index (χ1n) is 8.34. The average molecular weight is 355 g/mol. The Morgan fingerprint density at radius 1 is 1.12 bits per heavy atom. The van der Waals surface area contributed by atoms with E-state index in [2.05, 4.69) is 0 Å². The molecule has 2 aromatic rings. The predicted octanol–water partition coefficient (Wildman–Crippen LogP) is 2.80. The standard InChI is InChI=1S/C20H21NO5/c1-24-18-5-3-4-14(10-18)13-26-17-8-6-16(7-9-17)21-12-15(11-19(21)22)20(23)25-2/h3-10,15H,11-13H2,1-2H3. The van der Waals surface area contributed by atoms with Gasteiger partial charge in [0.2, 0.25) is 5.91 Å². The van der Waals surface area contributed by atoms with Crippen molar-refractivity contribution in [3.63, 3.8) is 0 Å². The number of hydrogen-bond acceptors (Lipinski definition) is 5. The molecule has 1 aliphatic rings. The molecule has 1 fully saturated rings. The van der Waals surface area contributed by atoms with Gasteiger partial charge in [0.15, 0.2) is 0 Å². The van der Waals surface area contributed by atoms with Gasteiger partial charge in [0.05, 0.1) is 20.1 Å². The first-order chi connectivity index (χ1) is 12.6. The van der Waals surface area contributed by atoms with Gasteiger partial charge in [0.1, 0.15) is 18.1 Å². The molecule has 26 heavy (non-hydrogen) atoms. The zero-order valence-electron chi connectivity index (χ0n) is 14.8. The van der Waals surface area contributed by atoms with E-state index in [1.807, 2.05) is 48.5 Å². The lowest BCUT2D eigenvalue weighted by atomic mass is 10.1. The molecule has 0 saturated carbocycles. The van der Waals surface area contributed by atoms with E-state index in [1.165, 1.54) is 7.11 Å². The molecular weight excluding hydrogens is 334 g/mol. The molecule has 2 aromatic carbocycles. The van der Waals surface area contributed by atoms with Crippen LogP contribution in [-0.2, 0) is 20.9 Å². The van der Waals surface area contributed by atoms with Crippen LogP contribution in [0, 0.1) is 5.92 Å². The lowest BCUT2D eigenvalue weighted by molar-refractivity contribution is -0.145. The zero-order chi connectivity index (χ0) is 18.5. The van der Waals surface area contributed by atoms with Gasteiger partial charge in [-0.25, -0.2) is 0 Å². The summed E-state index contributed by atoms with van der Waals surface area (Å²) in [5.74, 6) is 0.655. The van der Waals surface area contributed by atoms with Crippen molar-refractivity contribution in [2.24, 2.45) is 5.92 Å². The summed E-state index contributed by atoms with van der Waals surface area (Å²) < 4.78 is 15.7. The highest BCUT2D eigenvalue weighted by Crippen LogP contribution is 2.27. The highest BCUT2D eigenvalue weighted by molar-refractivity contribution is 5.99. The van der Waals surface area contributed by atoms with Crippen LogP contribution in [-0.4, -0.2) is 32.6 Å². The second-order valence-electron chi connectivity index (χ2n) is 6.06. The minimum absolute atomic E-state index is 0.0783. The number of esters is 1. The normalized spacial score (nSPS) is 16.5. The number of ether oxygens (including phenoxy) is 3. The Morgan fingerprint density at radius 3 is 2.58 bits per heavy atom. The molecule has 0 spiro atoms. The highest BCUT2D eigenvalue weighted by atomic mass is 16.5. The Morgan fingerprint density at radius 2 is 1.88 bits per heavy atom. The molecule has 136 valence electrons. The van der Waals surface area contributed by atoms with Gasteiger partial charge in [-0.3, -0.25) is 9.59 Å². The first kappa shape index (κ1) is 17.8. The average Bonchev–Trinajstić information content (AvgIpc) is 3.08. The number of methoxy groups -OCH3 is 2. The van der Waals surface area contributed by atoms with Gasteiger partial charge >= 0.3 is 5.97 Å². The molecule has 3 rings (SSSR count). The van der Waals surface area contributed by atoms with E-state index in [0.29, 0.717) is 18.9 Å². The van der Waals surface area contributed by atoms with Gasteiger partial charge in [-0.2, -0.15) is 0 Å². The number of rotatable bonds is 6. The smallest absolute Gasteiger partial charge is 0.311 e. The molecule has 0 bridgehead atoms. The van der Waals surface area contributed by atoms with Crippen LogP contribution in [0.3, 0.4) is 0 Å². The van der Waals surface area contributed by atoms with Gasteiger partial charge in [-0.1, -0.05) is 12.1 Å². The third kappa shape index (κ3) is 3.96. The van der Waals surface area contributed by atoms with Gasteiger partial charge in [-0.15, -0.1) is 0 Å². The maximum absolute atomic E-state index is 12.1. The summed E-state index contributed by atoms with van der Waals surface area (Å²) in [4.78, 5) is 25.4. The third-order valence-corrected chi connectivity index (χ3v) is 4.35. The van der Waals surface area contributed by atoms with Gasteiger partial charge in [0.25, 0.3) is 0 Å². The summed E-state index contributed by atoms with van der Waals surface area (Å²) in [6, 6.07) is 14.9. The predicted molar refractivity (Wildman–Crippen MR) is 96.2 cm³/mol. The SMILES string of the molecule is COC(=O)C1CC(=O)N(c2ccc(OCc3cccc(OC)c3)cc2)C1. The molecular formula is C20H21NO5. The Balaban J connectivity index is 1.61. The fraction of sp³-hybridized carbons (Fsp3) is 0.300. The van der Waals surface area contributed by atoms with Crippen LogP contribution in [0.4, 0.5) is 5.69 Å². The van der Waals surface area contributed by atoms with E-state index < -0.39 is 5.92 Å². The van der Waals surface area contributed by atoms with E-state index in [4.69, 9.17) is 14.2 Å². The topological polar surface area (TPSA) is 65.1 Å². The molecule has 0 radical (unpaired) electrons. The van der Waals surface area contributed by atoms with Crippen molar-refractivity contribution in [2.45, 2.75) is 13.0 Å². The quantitative estimate of drug-likeness (QED) is 0.746. The van der Waals surface area contributed by atoms with E-state index in [9.17, 15) is 9.59 Å². The lowest BCUT2D eigenvalue weighted by Crippen LogP contribution is -2.26. The number of hydrogen-bond donors (Lipinski definition) is 0. The number of anilines is 1. The molecule has 6 nitrogen and oxygen atoms in total. The summed E-state index contributed by atoms with van der Waals surface area (Å²) in [7, 11) is 2.97. The van der Waals surface area contributed by atoms with Crippen LogP contribution in [0.15, 0.2) is 48.5 Å². The Labute approximate surface area is 152 Å². The number of carbonyl (C=O) groups excluding carboxylic acids is 2. The maximum atomic E-state index is 12.1. The van der Waals surface area contributed by atoms with Crippen molar-refractivity contribution in [2.75, 3.05) is 25.7 Å². The largest absolute Gasteiger partial charge is 0.497 e. The molecule has 0 N–H and O–H groups in total. The Kier molecular flexibility index (Phi) is 5.41. The van der Waals surface area contributed by atoms with E-state index in [0.717, 1.165) is 17.0 Å². The van der Waals surface area contributed by atoms with E-state index in [-0.39, 0.29) is 18.3 Å². The van der Waals surface area contributed by atoms with E-state index >= 15 is 0 Å². The monoisotopic (exact) mass is 355 g/mol. The van der Waals surface area contributed by atoms with Crippen molar-refractivity contribution < 1.29 is 23.8 Å². The summed E-state index contributed by atoms with van der Waals surface area (Å²) in [5, 5.41) is 0. The minimum Gasteiger partial charge on any atom is -0.497 e. The number of benzene rings is 2. The Bertz CT molecular complexity index is 787. The summed E-state index contributed by atoms with van der Waals surface area (Å²) in [6.07, 6.45) is 0.181. The van der Waals surface area contributed by atoms with Crippen LogP contribution >= 0.6 is 0 Å². The van der Waals surface area contributed by atoms with Crippen LogP contribution in [0.5, 0.6) is 11.5 Å². The molecule has 1 aliphatic heterocycles. The second-order valence-corrected chi connectivity index (χ2v) is 6.06. The first-order valence-corrected chi connectivity index (χ1v) is 8.34. The molecule has 1 unspecified atom stereocenters. The summed E-state index contributed by atoms with van der Waals surface area (Å²) >= 11 is 0. The molecule has 1 amide bonds. The fourth-order valence-electron chi connectivity index (χ4n) is 2.93. The van der Waals surface area contributed by atoms with Gasteiger partial charge in [-0.05, 0) is 42.0 Å². The zero-order valence-corrected chi connectivity index (χ0v) is 14.8. The van der Waals surface area contributed by atoms with Crippen molar-refractivity contribution >= 4 is 17.6 Å². The Hall–Kier alpha value is -3.02. The number of carbonyl (C=O) groups is 2. The molecule has 1 heterocycles. The van der Waals surface area contributed by atoms with E-state index in [1.54, 1.807) is 12.0 Å². The molecule has 0 aromatic heterocycles. The van der Waals surface area contributed by atoms with Gasteiger partial charge < -0.3 is 19.1 Å². The second kappa shape index (κ2) is 7.91. The van der Waals surface area contributed by atoms with Crippen molar-refractivity contribution in [3.05, 3.63) is 54.1 Å². The van der Waals surface area contributed by atoms with Crippen LogP contribution < -0.4 is 14.4 Å².